The lowest BCUT2D eigenvalue weighted by Gasteiger charge is -2.30. The largest absolute Gasteiger partial charge is 0.493 e. The standard InChI is InChI=1S/C16H26N4O3/c1-17-16(18-10-13-11-20(2)7-8-23-13)19-12-5-6-14(21-3)15(9-12)22-4/h5-6,9,13H,7-8,10-11H2,1-4H3,(H2,17,18,19). The van der Waals surface area contributed by atoms with Crippen molar-refractivity contribution in [2.45, 2.75) is 6.10 Å². The predicted octanol–water partition coefficient (Wildman–Crippen LogP) is 1.02. The number of nitrogens with zero attached hydrogens (tertiary/aromatic N) is 2. The van der Waals surface area contributed by atoms with Crippen LogP contribution in [0.3, 0.4) is 0 Å². The summed E-state index contributed by atoms with van der Waals surface area (Å²) < 4.78 is 16.3. The molecule has 1 heterocycles. The van der Waals surface area contributed by atoms with Crippen molar-refractivity contribution in [3.63, 3.8) is 0 Å². The third-order valence-corrected chi connectivity index (χ3v) is 3.71. The summed E-state index contributed by atoms with van der Waals surface area (Å²) in [4.78, 5) is 6.50. The average Bonchev–Trinajstić information content (AvgIpc) is 2.58. The molecule has 0 aliphatic carbocycles. The summed E-state index contributed by atoms with van der Waals surface area (Å²) in [6, 6.07) is 5.64. The number of morpholine rings is 1. The number of anilines is 1. The Morgan fingerprint density at radius 2 is 2.13 bits per heavy atom. The van der Waals surface area contributed by atoms with E-state index in [2.05, 4.69) is 27.6 Å². The van der Waals surface area contributed by atoms with Crippen LogP contribution in [0, 0.1) is 0 Å². The molecule has 1 aromatic carbocycles. The molecule has 0 aromatic heterocycles. The van der Waals surface area contributed by atoms with Crippen molar-refractivity contribution >= 4 is 11.6 Å². The molecule has 7 nitrogen and oxygen atoms in total. The molecule has 2 N–H and O–H groups in total. The number of nitrogens with one attached hydrogen (secondary N) is 2. The van der Waals surface area contributed by atoms with Crippen molar-refractivity contribution < 1.29 is 14.2 Å². The second kappa shape index (κ2) is 8.59. The van der Waals surface area contributed by atoms with Gasteiger partial charge >= 0.3 is 0 Å². The highest BCUT2D eigenvalue weighted by molar-refractivity contribution is 5.93. The van der Waals surface area contributed by atoms with Gasteiger partial charge in [-0.1, -0.05) is 0 Å². The molecule has 0 amide bonds. The van der Waals surface area contributed by atoms with Crippen molar-refractivity contribution in [2.75, 3.05) is 59.9 Å². The lowest BCUT2D eigenvalue weighted by molar-refractivity contribution is -0.0160. The van der Waals surface area contributed by atoms with Crippen LogP contribution in [0.1, 0.15) is 0 Å². The normalized spacial score (nSPS) is 19.3. The monoisotopic (exact) mass is 322 g/mol. The number of ether oxygens (including phenoxy) is 3. The summed E-state index contributed by atoms with van der Waals surface area (Å²) in [6.45, 7) is 3.37. The molecule has 1 aromatic rings. The summed E-state index contributed by atoms with van der Waals surface area (Å²) in [6.07, 6.45) is 0.165. The molecule has 1 aliphatic heterocycles. The van der Waals surface area contributed by atoms with Crippen LogP contribution in [-0.4, -0.2) is 71.5 Å². The highest BCUT2D eigenvalue weighted by Crippen LogP contribution is 2.29. The van der Waals surface area contributed by atoms with Gasteiger partial charge < -0.3 is 29.7 Å². The zero-order valence-corrected chi connectivity index (χ0v) is 14.3. The number of aliphatic imine (C=N–C) groups is 1. The van der Waals surface area contributed by atoms with Crippen molar-refractivity contribution in [3.8, 4) is 11.5 Å². The molecule has 0 bridgehead atoms. The van der Waals surface area contributed by atoms with E-state index in [0.717, 1.165) is 25.4 Å². The first-order valence-electron chi connectivity index (χ1n) is 7.66. The van der Waals surface area contributed by atoms with Crippen LogP contribution in [-0.2, 0) is 4.74 Å². The summed E-state index contributed by atoms with van der Waals surface area (Å²) in [7, 11) is 7.08. The maximum Gasteiger partial charge on any atom is 0.195 e. The van der Waals surface area contributed by atoms with Gasteiger partial charge in [0, 0.05) is 38.4 Å². The Morgan fingerprint density at radius 3 is 2.78 bits per heavy atom. The Kier molecular flexibility index (Phi) is 6.49. The minimum Gasteiger partial charge on any atom is -0.493 e. The third kappa shape index (κ3) is 5.01. The molecule has 1 fully saturated rings. The zero-order valence-electron chi connectivity index (χ0n) is 14.3. The second-order valence-corrected chi connectivity index (χ2v) is 5.40. The van der Waals surface area contributed by atoms with E-state index < -0.39 is 0 Å². The highest BCUT2D eigenvalue weighted by Gasteiger charge is 2.17. The average molecular weight is 322 g/mol. The van der Waals surface area contributed by atoms with Crippen LogP contribution in [0.4, 0.5) is 5.69 Å². The van der Waals surface area contributed by atoms with Crippen molar-refractivity contribution in [3.05, 3.63) is 18.2 Å². The van der Waals surface area contributed by atoms with Crippen LogP contribution < -0.4 is 20.1 Å². The van der Waals surface area contributed by atoms with E-state index in [1.54, 1.807) is 21.3 Å². The number of methoxy groups -OCH3 is 2. The first kappa shape index (κ1) is 17.4. The summed E-state index contributed by atoms with van der Waals surface area (Å²) in [5.41, 5.74) is 0.873. The van der Waals surface area contributed by atoms with E-state index in [-0.39, 0.29) is 6.10 Å². The van der Waals surface area contributed by atoms with Gasteiger partial charge in [-0.15, -0.1) is 0 Å². The fourth-order valence-corrected chi connectivity index (χ4v) is 2.43. The Hall–Kier alpha value is -1.99. The van der Waals surface area contributed by atoms with E-state index in [4.69, 9.17) is 14.2 Å². The maximum atomic E-state index is 5.74. The van der Waals surface area contributed by atoms with Gasteiger partial charge in [0.15, 0.2) is 17.5 Å². The molecular formula is C16H26N4O3. The minimum absolute atomic E-state index is 0.165. The molecule has 0 spiro atoms. The van der Waals surface area contributed by atoms with Gasteiger partial charge in [0.1, 0.15) is 0 Å². The molecular weight excluding hydrogens is 296 g/mol. The fraction of sp³-hybridized carbons (Fsp3) is 0.562. The minimum atomic E-state index is 0.165. The van der Waals surface area contributed by atoms with Gasteiger partial charge in [0.25, 0.3) is 0 Å². The molecule has 23 heavy (non-hydrogen) atoms. The summed E-state index contributed by atoms with van der Waals surface area (Å²) in [5, 5.41) is 6.53. The Morgan fingerprint density at radius 1 is 1.35 bits per heavy atom. The Bertz CT molecular complexity index is 536. The van der Waals surface area contributed by atoms with Gasteiger partial charge in [-0.05, 0) is 19.2 Å². The number of benzene rings is 1. The summed E-state index contributed by atoms with van der Waals surface area (Å²) in [5.74, 6) is 2.05. The van der Waals surface area contributed by atoms with Crippen molar-refractivity contribution in [2.24, 2.45) is 4.99 Å². The van der Waals surface area contributed by atoms with E-state index in [1.807, 2.05) is 18.2 Å². The SMILES string of the molecule is CN=C(NCC1CN(C)CCO1)Nc1ccc(OC)c(OC)c1. The molecule has 1 aliphatic rings. The first-order valence-corrected chi connectivity index (χ1v) is 7.66. The van der Waals surface area contributed by atoms with Crippen LogP contribution in [0.2, 0.25) is 0 Å². The number of likely N-dealkylation sites (N-methyl/N-ethyl adjacent to an activating group) is 1. The van der Waals surface area contributed by atoms with E-state index in [0.29, 0.717) is 24.0 Å². The van der Waals surface area contributed by atoms with E-state index in [1.165, 1.54) is 0 Å². The van der Waals surface area contributed by atoms with Crippen LogP contribution >= 0.6 is 0 Å². The Labute approximate surface area is 137 Å². The van der Waals surface area contributed by atoms with Crippen LogP contribution in [0.15, 0.2) is 23.2 Å². The Balaban J connectivity index is 1.92. The molecule has 2 rings (SSSR count). The fourth-order valence-electron chi connectivity index (χ4n) is 2.43. The van der Waals surface area contributed by atoms with Crippen LogP contribution in [0.5, 0.6) is 11.5 Å². The molecule has 128 valence electrons. The van der Waals surface area contributed by atoms with Crippen LogP contribution in [0.25, 0.3) is 0 Å². The smallest absolute Gasteiger partial charge is 0.195 e. The van der Waals surface area contributed by atoms with E-state index in [9.17, 15) is 0 Å². The molecule has 0 saturated carbocycles. The number of hydrogen-bond donors (Lipinski definition) is 2. The number of hydrogen-bond acceptors (Lipinski definition) is 5. The molecule has 7 heteroatoms. The number of guanidine groups is 1. The molecule has 1 saturated heterocycles. The first-order chi connectivity index (χ1) is 11.2. The molecule has 0 radical (unpaired) electrons. The number of rotatable bonds is 5. The molecule has 1 atom stereocenters. The quantitative estimate of drug-likeness (QED) is 0.623. The summed E-state index contributed by atoms with van der Waals surface area (Å²) >= 11 is 0. The maximum absolute atomic E-state index is 5.74. The van der Waals surface area contributed by atoms with Gasteiger partial charge in [-0.3, -0.25) is 4.99 Å². The van der Waals surface area contributed by atoms with Crippen molar-refractivity contribution in [1.29, 1.82) is 0 Å². The van der Waals surface area contributed by atoms with Gasteiger partial charge in [-0.2, -0.15) is 0 Å². The van der Waals surface area contributed by atoms with E-state index >= 15 is 0 Å². The lowest BCUT2D eigenvalue weighted by Crippen LogP contribution is -2.47. The van der Waals surface area contributed by atoms with Gasteiger partial charge in [0.05, 0.1) is 26.9 Å². The second-order valence-electron chi connectivity index (χ2n) is 5.40. The molecule has 1 unspecified atom stereocenters. The topological polar surface area (TPSA) is 67.4 Å². The lowest BCUT2D eigenvalue weighted by atomic mass is 10.2. The third-order valence-electron chi connectivity index (χ3n) is 3.71. The van der Waals surface area contributed by atoms with Gasteiger partial charge in [-0.25, -0.2) is 0 Å². The van der Waals surface area contributed by atoms with Crippen molar-refractivity contribution in [1.82, 2.24) is 10.2 Å². The van der Waals surface area contributed by atoms with Gasteiger partial charge in [0.2, 0.25) is 0 Å². The predicted molar refractivity (Wildman–Crippen MR) is 91.8 cm³/mol. The zero-order chi connectivity index (χ0) is 16.7. The highest BCUT2D eigenvalue weighted by atomic mass is 16.5.